The van der Waals surface area contributed by atoms with Gasteiger partial charge in [-0.3, -0.25) is 14.3 Å². The first kappa shape index (κ1) is 19.3. The van der Waals surface area contributed by atoms with E-state index in [-0.39, 0.29) is 16.1 Å². The van der Waals surface area contributed by atoms with E-state index in [0.717, 1.165) is 6.07 Å². The zero-order valence-electron chi connectivity index (χ0n) is 14.8. The number of halogens is 3. The van der Waals surface area contributed by atoms with Crippen LogP contribution >= 0.6 is 23.6 Å². The van der Waals surface area contributed by atoms with Crippen molar-refractivity contribution in [1.82, 2.24) is 14.5 Å². The Morgan fingerprint density at radius 2 is 1.97 bits per heavy atom. The number of H-pyrrole nitrogens is 1. The van der Waals surface area contributed by atoms with Gasteiger partial charge < -0.3 is 4.74 Å². The van der Waals surface area contributed by atoms with Gasteiger partial charge >= 0.3 is 6.18 Å². The molecular formula is C19H12F3N3O2S2. The first-order valence-corrected chi connectivity index (χ1v) is 9.54. The second-order valence-electron chi connectivity index (χ2n) is 6.00. The van der Waals surface area contributed by atoms with Crippen LogP contribution in [0.2, 0.25) is 0 Å². The van der Waals surface area contributed by atoms with Crippen LogP contribution in [-0.4, -0.2) is 21.6 Å². The van der Waals surface area contributed by atoms with Crippen molar-refractivity contribution in [2.75, 3.05) is 7.11 Å². The molecule has 148 valence electrons. The molecule has 0 saturated heterocycles. The second kappa shape index (κ2) is 7.12. The van der Waals surface area contributed by atoms with Crippen LogP contribution in [0.1, 0.15) is 5.56 Å². The fourth-order valence-electron chi connectivity index (χ4n) is 3.04. The minimum absolute atomic E-state index is 0.0871. The molecule has 0 bridgehead atoms. The number of fused-ring (bicyclic) bond motifs is 1. The van der Waals surface area contributed by atoms with E-state index in [9.17, 15) is 18.0 Å². The van der Waals surface area contributed by atoms with E-state index in [1.54, 1.807) is 41.8 Å². The van der Waals surface area contributed by atoms with Crippen LogP contribution in [0.15, 0.2) is 52.6 Å². The average Bonchev–Trinajstić information content (AvgIpc) is 3.21. The Balaban J connectivity index is 2.22. The lowest BCUT2D eigenvalue weighted by molar-refractivity contribution is -0.136. The zero-order valence-corrected chi connectivity index (χ0v) is 16.4. The van der Waals surface area contributed by atoms with Gasteiger partial charge in [-0.15, -0.1) is 11.3 Å². The molecule has 0 aliphatic rings. The number of benzene rings is 1. The Bertz CT molecular complexity index is 1330. The summed E-state index contributed by atoms with van der Waals surface area (Å²) in [4.78, 5) is 19.8. The van der Waals surface area contributed by atoms with Crippen molar-refractivity contribution in [3.63, 3.8) is 0 Å². The summed E-state index contributed by atoms with van der Waals surface area (Å²) in [6, 6.07) is 10.9. The predicted octanol–water partition coefficient (Wildman–Crippen LogP) is 5.20. The smallest absolute Gasteiger partial charge is 0.417 e. The van der Waals surface area contributed by atoms with E-state index in [2.05, 4.69) is 9.97 Å². The first-order valence-electron chi connectivity index (χ1n) is 8.26. The summed E-state index contributed by atoms with van der Waals surface area (Å²) in [5.74, 6) is 0.369. The summed E-state index contributed by atoms with van der Waals surface area (Å²) < 4.78 is 48.1. The highest BCUT2D eigenvalue weighted by Crippen LogP contribution is 2.37. The number of methoxy groups -OCH3 is 1. The summed E-state index contributed by atoms with van der Waals surface area (Å²) in [7, 11) is 1.43. The van der Waals surface area contributed by atoms with Crippen LogP contribution < -0.4 is 10.3 Å². The topological polar surface area (TPSA) is 59.9 Å². The first-order chi connectivity index (χ1) is 13.8. The van der Waals surface area contributed by atoms with Gasteiger partial charge in [0.1, 0.15) is 5.75 Å². The summed E-state index contributed by atoms with van der Waals surface area (Å²) in [5, 5.41) is 1.15. The van der Waals surface area contributed by atoms with E-state index >= 15 is 0 Å². The number of ether oxygens (including phenoxy) is 1. The largest absolute Gasteiger partial charge is 0.495 e. The summed E-state index contributed by atoms with van der Waals surface area (Å²) in [6.07, 6.45) is -4.76. The van der Waals surface area contributed by atoms with Gasteiger partial charge in [0.25, 0.3) is 5.56 Å². The second-order valence-corrected chi connectivity index (χ2v) is 7.33. The standard InChI is InChI=1S/C19H12F3N3O2S2/c1-27-13-6-3-2-5-12(13)25-16-15(17(26)24-18(25)28)10(19(20,21)22)9-11(23-16)14-7-4-8-29-14/h2-9H,1H3,(H,24,26,28). The lowest BCUT2D eigenvalue weighted by Gasteiger charge is -2.17. The minimum atomic E-state index is -4.76. The number of hydrogen-bond donors (Lipinski definition) is 1. The van der Waals surface area contributed by atoms with Crippen molar-refractivity contribution < 1.29 is 17.9 Å². The highest BCUT2D eigenvalue weighted by atomic mass is 32.1. The third-order valence-electron chi connectivity index (χ3n) is 4.27. The number of alkyl halides is 3. The van der Waals surface area contributed by atoms with Gasteiger partial charge in [-0.25, -0.2) is 4.98 Å². The number of para-hydroxylation sites is 2. The predicted molar refractivity (Wildman–Crippen MR) is 107 cm³/mol. The quantitative estimate of drug-likeness (QED) is 0.450. The van der Waals surface area contributed by atoms with Gasteiger partial charge in [-0.2, -0.15) is 13.2 Å². The van der Waals surface area contributed by atoms with Crippen molar-refractivity contribution in [3.05, 3.63) is 68.5 Å². The van der Waals surface area contributed by atoms with Crippen molar-refractivity contribution >= 4 is 34.6 Å². The zero-order chi connectivity index (χ0) is 20.8. The molecule has 4 aromatic rings. The summed E-state index contributed by atoms with van der Waals surface area (Å²) >= 11 is 6.52. The fraction of sp³-hybridized carbons (Fsp3) is 0.105. The van der Waals surface area contributed by atoms with Crippen molar-refractivity contribution in [3.8, 4) is 22.0 Å². The molecule has 0 spiro atoms. The maximum absolute atomic E-state index is 13.9. The molecule has 3 aromatic heterocycles. The summed E-state index contributed by atoms with van der Waals surface area (Å²) in [6.45, 7) is 0. The van der Waals surface area contributed by atoms with Crippen LogP contribution in [-0.2, 0) is 6.18 Å². The molecule has 0 aliphatic carbocycles. The molecule has 3 heterocycles. The molecule has 0 unspecified atom stereocenters. The van der Waals surface area contributed by atoms with E-state index < -0.39 is 22.7 Å². The molecule has 29 heavy (non-hydrogen) atoms. The van der Waals surface area contributed by atoms with Gasteiger partial charge in [0.2, 0.25) is 0 Å². The SMILES string of the molecule is COc1ccccc1-n1c(=S)[nH]c(=O)c2c(C(F)(F)F)cc(-c3cccs3)nc21. The molecule has 0 atom stereocenters. The Hall–Kier alpha value is -2.98. The third kappa shape index (κ3) is 3.34. The van der Waals surface area contributed by atoms with Crippen molar-refractivity contribution in [2.24, 2.45) is 0 Å². The highest BCUT2D eigenvalue weighted by Gasteiger charge is 2.36. The number of rotatable bonds is 3. The van der Waals surface area contributed by atoms with Crippen LogP contribution in [0.25, 0.3) is 27.3 Å². The van der Waals surface area contributed by atoms with Crippen molar-refractivity contribution in [2.45, 2.75) is 6.18 Å². The number of thiophene rings is 1. The number of aromatic amines is 1. The molecule has 5 nitrogen and oxygen atoms in total. The van der Waals surface area contributed by atoms with Crippen LogP contribution in [0.4, 0.5) is 13.2 Å². The molecule has 0 saturated carbocycles. The van der Waals surface area contributed by atoms with E-state index in [4.69, 9.17) is 17.0 Å². The lowest BCUT2D eigenvalue weighted by atomic mass is 10.1. The molecule has 0 amide bonds. The van der Waals surface area contributed by atoms with Gasteiger partial charge in [-0.1, -0.05) is 18.2 Å². The van der Waals surface area contributed by atoms with Gasteiger partial charge in [0.15, 0.2) is 10.4 Å². The maximum Gasteiger partial charge on any atom is 0.417 e. The monoisotopic (exact) mass is 435 g/mol. The number of nitrogens with zero attached hydrogens (tertiary/aromatic N) is 2. The number of hydrogen-bond acceptors (Lipinski definition) is 5. The Morgan fingerprint density at radius 1 is 1.21 bits per heavy atom. The fourth-order valence-corrected chi connectivity index (χ4v) is 4.00. The summed E-state index contributed by atoms with van der Waals surface area (Å²) in [5.41, 5.74) is -1.75. The highest BCUT2D eigenvalue weighted by molar-refractivity contribution is 7.71. The van der Waals surface area contributed by atoms with Crippen LogP contribution in [0.3, 0.4) is 0 Å². The molecule has 1 N–H and O–H groups in total. The maximum atomic E-state index is 13.9. The lowest BCUT2D eigenvalue weighted by Crippen LogP contribution is -2.20. The number of pyridine rings is 1. The van der Waals surface area contributed by atoms with Gasteiger partial charge in [-0.05, 0) is 41.9 Å². The minimum Gasteiger partial charge on any atom is -0.495 e. The molecule has 0 aliphatic heterocycles. The number of aromatic nitrogens is 3. The van der Waals surface area contributed by atoms with Crippen molar-refractivity contribution in [1.29, 1.82) is 0 Å². The molecule has 0 radical (unpaired) electrons. The average molecular weight is 435 g/mol. The van der Waals surface area contributed by atoms with E-state index in [1.807, 2.05) is 0 Å². The molecular weight excluding hydrogens is 423 g/mol. The van der Waals surface area contributed by atoms with Crippen LogP contribution in [0.5, 0.6) is 5.75 Å². The van der Waals surface area contributed by atoms with E-state index in [0.29, 0.717) is 16.3 Å². The van der Waals surface area contributed by atoms with Gasteiger partial charge in [0.05, 0.1) is 34.3 Å². The molecule has 10 heteroatoms. The Kier molecular flexibility index (Phi) is 4.75. The van der Waals surface area contributed by atoms with E-state index in [1.165, 1.54) is 23.0 Å². The van der Waals surface area contributed by atoms with Crippen LogP contribution in [0, 0.1) is 4.77 Å². The molecule has 4 rings (SSSR count). The normalized spacial score (nSPS) is 11.7. The Morgan fingerprint density at radius 3 is 2.62 bits per heavy atom. The molecule has 1 aromatic carbocycles. The third-order valence-corrected chi connectivity index (χ3v) is 5.44. The van der Waals surface area contributed by atoms with Gasteiger partial charge in [0, 0.05) is 0 Å². The number of nitrogens with one attached hydrogen (secondary N) is 1. The Labute approximate surface area is 171 Å². The molecule has 0 fully saturated rings.